The van der Waals surface area contributed by atoms with Gasteiger partial charge in [-0.25, -0.2) is 4.68 Å². The minimum Gasteiger partial charge on any atom is -0.508 e. The molecule has 0 radical (unpaired) electrons. The van der Waals surface area contributed by atoms with Crippen molar-refractivity contribution in [3.63, 3.8) is 0 Å². The van der Waals surface area contributed by atoms with Crippen LogP contribution in [0.15, 0.2) is 30.5 Å². The maximum absolute atomic E-state index is 9.16. The van der Waals surface area contributed by atoms with E-state index in [0.717, 1.165) is 11.4 Å². The van der Waals surface area contributed by atoms with E-state index in [4.69, 9.17) is 10.8 Å². The third-order valence-electron chi connectivity index (χ3n) is 2.14. The molecule has 0 fully saturated rings. The predicted octanol–water partition coefficient (Wildman–Crippen LogP) is 0.993. The van der Waals surface area contributed by atoms with Crippen LogP contribution in [-0.4, -0.2) is 20.1 Å². The monoisotopic (exact) mass is 204 g/mol. The number of hydrogen-bond donors (Lipinski definition) is 2. The van der Waals surface area contributed by atoms with E-state index in [0.29, 0.717) is 0 Å². The molecule has 2 rings (SSSR count). The summed E-state index contributed by atoms with van der Waals surface area (Å²) >= 11 is 0. The minimum atomic E-state index is -0.131. The number of nitrogens with zero attached hydrogens (tertiary/aromatic N) is 3. The van der Waals surface area contributed by atoms with Crippen LogP contribution in [0.1, 0.15) is 18.7 Å². The topological polar surface area (TPSA) is 77.0 Å². The summed E-state index contributed by atoms with van der Waals surface area (Å²) < 4.78 is 1.66. The number of phenols is 1. The van der Waals surface area contributed by atoms with E-state index in [1.54, 1.807) is 35.1 Å². The van der Waals surface area contributed by atoms with Gasteiger partial charge < -0.3 is 10.8 Å². The molecule has 0 bridgehead atoms. The molecule has 0 amide bonds. The molecule has 1 aromatic heterocycles. The zero-order valence-corrected chi connectivity index (χ0v) is 8.33. The Bertz CT molecular complexity index is 447. The van der Waals surface area contributed by atoms with E-state index in [1.807, 2.05) is 6.92 Å². The number of phenolic OH excluding ortho intramolecular Hbond substituents is 1. The lowest BCUT2D eigenvalue weighted by Crippen LogP contribution is -2.11. The van der Waals surface area contributed by atoms with E-state index < -0.39 is 0 Å². The lowest BCUT2D eigenvalue weighted by Gasteiger charge is -2.08. The Morgan fingerprint density at radius 1 is 1.33 bits per heavy atom. The summed E-state index contributed by atoms with van der Waals surface area (Å²) in [5, 5.41) is 16.9. The summed E-state index contributed by atoms with van der Waals surface area (Å²) in [4.78, 5) is 0. The Balaban J connectivity index is 2.45. The van der Waals surface area contributed by atoms with Crippen LogP contribution < -0.4 is 5.73 Å². The molecular formula is C10H12N4O. The SMILES string of the molecule is CC(N)c1cnnn1-c1ccc(O)cc1. The van der Waals surface area contributed by atoms with Crippen molar-refractivity contribution in [2.45, 2.75) is 13.0 Å². The van der Waals surface area contributed by atoms with Gasteiger partial charge in [0.15, 0.2) is 0 Å². The van der Waals surface area contributed by atoms with Crippen LogP contribution in [-0.2, 0) is 0 Å². The molecule has 1 atom stereocenters. The zero-order chi connectivity index (χ0) is 10.8. The average Bonchev–Trinajstić information content (AvgIpc) is 2.67. The second-order valence-corrected chi connectivity index (χ2v) is 3.38. The van der Waals surface area contributed by atoms with Crippen LogP contribution in [0.3, 0.4) is 0 Å². The maximum atomic E-state index is 9.16. The number of hydrogen-bond acceptors (Lipinski definition) is 4. The summed E-state index contributed by atoms with van der Waals surface area (Å²) in [5.41, 5.74) is 7.44. The van der Waals surface area contributed by atoms with Gasteiger partial charge in [-0.1, -0.05) is 5.21 Å². The molecule has 78 valence electrons. The first-order valence-electron chi connectivity index (χ1n) is 4.64. The highest BCUT2D eigenvalue weighted by atomic mass is 16.3. The molecule has 2 aromatic rings. The molecular weight excluding hydrogens is 192 g/mol. The number of aromatic nitrogens is 3. The summed E-state index contributed by atoms with van der Waals surface area (Å²) in [6.45, 7) is 1.87. The molecule has 0 saturated heterocycles. The molecule has 0 spiro atoms. The van der Waals surface area contributed by atoms with Crippen molar-refractivity contribution in [2.75, 3.05) is 0 Å². The predicted molar refractivity (Wildman–Crippen MR) is 55.6 cm³/mol. The largest absolute Gasteiger partial charge is 0.508 e. The molecule has 5 heteroatoms. The molecule has 3 N–H and O–H groups in total. The Hall–Kier alpha value is -1.88. The first-order valence-corrected chi connectivity index (χ1v) is 4.64. The second-order valence-electron chi connectivity index (χ2n) is 3.38. The quantitative estimate of drug-likeness (QED) is 0.764. The second kappa shape index (κ2) is 3.70. The van der Waals surface area contributed by atoms with E-state index in [9.17, 15) is 0 Å². The minimum absolute atomic E-state index is 0.131. The molecule has 5 nitrogen and oxygen atoms in total. The van der Waals surface area contributed by atoms with Crippen LogP contribution in [0.4, 0.5) is 0 Å². The highest BCUT2D eigenvalue weighted by Crippen LogP contribution is 2.16. The third-order valence-corrected chi connectivity index (χ3v) is 2.14. The van der Waals surface area contributed by atoms with Crippen molar-refractivity contribution in [3.05, 3.63) is 36.2 Å². The van der Waals surface area contributed by atoms with E-state index in [1.165, 1.54) is 0 Å². The Morgan fingerprint density at radius 3 is 2.60 bits per heavy atom. The third kappa shape index (κ3) is 1.82. The van der Waals surface area contributed by atoms with Gasteiger partial charge in [-0.15, -0.1) is 5.10 Å². The number of rotatable bonds is 2. The van der Waals surface area contributed by atoms with Gasteiger partial charge in [-0.2, -0.15) is 0 Å². The van der Waals surface area contributed by atoms with Gasteiger partial charge in [-0.05, 0) is 31.2 Å². The van der Waals surface area contributed by atoms with Gasteiger partial charge >= 0.3 is 0 Å². The molecule has 1 heterocycles. The summed E-state index contributed by atoms with van der Waals surface area (Å²) in [6, 6.07) is 6.59. The van der Waals surface area contributed by atoms with Gasteiger partial charge in [0.25, 0.3) is 0 Å². The lowest BCUT2D eigenvalue weighted by atomic mass is 10.2. The van der Waals surface area contributed by atoms with Crippen molar-refractivity contribution in [3.8, 4) is 11.4 Å². The Morgan fingerprint density at radius 2 is 2.00 bits per heavy atom. The Labute approximate surface area is 87.1 Å². The average molecular weight is 204 g/mol. The highest BCUT2D eigenvalue weighted by Gasteiger charge is 2.09. The van der Waals surface area contributed by atoms with Crippen molar-refractivity contribution in [1.29, 1.82) is 0 Å². The van der Waals surface area contributed by atoms with Crippen molar-refractivity contribution >= 4 is 0 Å². The fraction of sp³-hybridized carbons (Fsp3) is 0.200. The van der Waals surface area contributed by atoms with Crippen LogP contribution in [0.25, 0.3) is 5.69 Å². The van der Waals surface area contributed by atoms with Crippen LogP contribution in [0.5, 0.6) is 5.75 Å². The van der Waals surface area contributed by atoms with Crippen molar-refractivity contribution < 1.29 is 5.11 Å². The standard InChI is InChI=1S/C10H12N4O/c1-7(11)10-6-12-13-14(10)8-2-4-9(15)5-3-8/h2-7,15H,11H2,1H3. The van der Waals surface area contributed by atoms with Gasteiger partial charge in [-0.3, -0.25) is 0 Å². The molecule has 1 aromatic carbocycles. The van der Waals surface area contributed by atoms with Gasteiger partial charge in [0.1, 0.15) is 5.75 Å². The fourth-order valence-electron chi connectivity index (χ4n) is 1.35. The smallest absolute Gasteiger partial charge is 0.115 e. The molecule has 0 saturated carbocycles. The van der Waals surface area contributed by atoms with E-state index >= 15 is 0 Å². The molecule has 15 heavy (non-hydrogen) atoms. The first kappa shape index (κ1) is 9.67. The van der Waals surface area contributed by atoms with Gasteiger partial charge in [0.2, 0.25) is 0 Å². The van der Waals surface area contributed by atoms with E-state index in [-0.39, 0.29) is 11.8 Å². The van der Waals surface area contributed by atoms with Crippen molar-refractivity contribution in [2.24, 2.45) is 5.73 Å². The van der Waals surface area contributed by atoms with Gasteiger partial charge in [0, 0.05) is 6.04 Å². The Kier molecular flexibility index (Phi) is 2.39. The van der Waals surface area contributed by atoms with Crippen LogP contribution >= 0.6 is 0 Å². The summed E-state index contributed by atoms with van der Waals surface area (Å²) in [5.74, 6) is 0.223. The number of nitrogens with two attached hydrogens (primary N) is 1. The molecule has 0 aliphatic heterocycles. The molecule has 0 aliphatic rings. The number of aromatic hydroxyl groups is 1. The zero-order valence-electron chi connectivity index (χ0n) is 8.33. The van der Waals surface area contributed by atoms with E-state index in [2.05, 4.69) is 10.3 Å². The fourth-order valence-corrected chi connectivity index (χ4v) is 1.35. The highest BCUT2D eigenvalue weighted by molar-refractivity contribution is 5.37. The maximum Gasteiger partial charge on any atom is 0.115 e. The summed E-state index contributed by atoms with van der Waals surface area (Å²) in [7, 11) is 0. The van der Waals surface area contributed by atoms with Crippen molar-refractivity contribution in [1.82, 2.24) is 15.0 Å². The lowest BCUT2D eigenvalue weighted by molar-refractivity contribution is 0.475. The normalized spacial score (nSPS) is 12.7. The summed E-state index contributed by atoms with van der Waals surface area (Å²) in [6.07, 6.45) is 1.64. The molecule has 0 aliphatic carbocycles. The van der Waals surface area contributed by atoms with Gasteiger partial charge in [0.05, 0.1) is 17.6 Å². The van der Waals surface area contributed by atoms with Crippen LogP contribution in [0, 0.1) is 0 Å². The first-order chi connectivity index (χ1) is 7.18. The molecule has 1 unspecified atom stereocenters. The number of benzene rings is 1. The van der Waals surface area contributed by atoms with Crippen LogP contribution in [0.2, 0.25) is 0 Å².